The summed E-state index contributed by atoms with van der Waals surface area (Å²) in [4.78, 5) is 41.8. The lowest BCUT2D eigenvalue weighted by molar-refractivity contribution is 0.667. The van der Waals surface area contributed by atoms with Crippen molar-refractivity contribution in [3.8, 4) is 124 Å². The van der Waals surface area contributed by atoms with Crippen molar-refractivity contribution in [3.63, 3.8) is 0 Å². The molecule has 0 unspecified atom stereocenters. The van der Waals surface area contributed by atoms with Crippen LogP contribution in [0.15, 0.2) is 365 Å². The molecule has 0 aliphatic carbocycles. The van der Waals surface area contributed by atoms with E-state index in [-0.39, 0.29) is 0 Å². The molecule has 23 rings (SSSR count). The van der Waals surface area contributed by atoms with Gasteiger partial charge in [-0.15, -0.1) is 0 Å². The number of rotatable bonds is 11. The lowest BCUT2D eigenvalue weighted by atomic mass is 9.88. The topological polar surface area (TPSA) is 143 Å². The van der Waals surface area contributed by atoms with Crippen molar-refractivity contribution < 1.29 is 13.3 Å². The molecule has 0 atom stereocenters. The zero-order valence-corrected chi connectivity index (χ0v) is 60.3. The molecule has 11 heteroatoms. The first-order valence-corrected chi connectivity index (χ1v) is 37.7. The number of benzene rings is 16. The van der Waals surface area contributed by atoms with E-state index in [0.717, 1.165) is 186 Å². The van der Waals surface area contributed by atoms with Gasteiger partial charge in [-0.3, -0.25) is 9.97 Å². The van der Waals surface area contributed by atoms with Crippen molar-refractivity contribution in [3.05, 3.63) is 352 Å². The second kappa shape index (κ2) is 25.6. The van der Waals surface area contributed by atoms with Crippen LogP contribution < -0.4 is 0 Å². The second-order valence-electron chi connectivity index (χ2n) is 28.7. The van der Waals surface area contributed by atoms with Gasteiger partial charge in [0.05, 0.1) is 11.3 Å². The Balaban J connectivity index is 0.603. The second-order valence-corrected chi connectivity index (χ2v) is 28.7. The molecule has 0 N–H and O–H groups in total. The van der Waals surface area contributed by atoms with Gasteiger partial charge in [0.2, 0.25) is 0 Å². The standard InChI is InChI=1S/C102H58N8O3/c1-3-23-60(24-4-1)97-105-99(63-45-44-59-22-7-8-27-62(59)54-63)109-100(106-97)80-52-50-74(68-32-13-15-34-70(68)80)73-47-49-77(67-31-12-10-29-65(67)73)79-38-20-43-91-94(79)86-57-103-56-84(96(86)113-91)87-55-92-85(58-104-87)95-83(39-21-42-90(95)112-92)102-108-98(61-25-5-2-6-26-61)107-101(110-102)81-53-51-75(69-33-14-16-35-71(69)81)72-46-48-76(66-30-11-9-28-64(66)72)78-37-19-41-89-93(78)82-36-17-18-40-88(82)111-89/h1-58H. The Morgan fingerprint density at radius 3 is 1.09 bits per heavy atom. The Kier molecular flexibility index (Phi) is 14.4. The van der Waals surface area contributed by atoms with Crippen LogP contribution in [0.4, 0.5) is 0 Å². The van der Waals surface area contributed by atoms with E-state index in [1.165, 1.54) is 0 Å². The van der Waals surface area contributed by atoms with Gasteiger partial charge in [0.25, 0.3) is 0 Å². The average Bonchev–Trinajstić information content (AvgIpc) is 1.25. The van der Waals surface area contributed by atoms with Crippen LogP contribution in [0.25, 0.3) is 244 Å². The van der Waals surface area contributed by atoms with E-state index in [0.29, 0.717) is 57.4 Å². The molecule has 113 heavy (non-hydrogen) atoms. The van der Waals surface area contributed by atoms with Crippen LogP contribution in [0.2, 0.25) is 0 Å². The third-order valence-electron chi connectivity index (χ3n) is 22.4. The maximum atomic E-state index is 6.99. The van der Waals surface area contributed by atoms with Crippen LogP contribution in [0.1, 0.15) is 0 Å². The molecule has 0 saturated heterocycles. The van der Waals surface area contributed by atoms with Gasteiger partial charge in [-0.2, -0.15) is 0 Å². The highest BCUT2D eigenvalue weighted by Gasteiger charge is 2.26. The molecule has 0 radical (unpaired) electrons. The Labute approximate surface area is 645 Å². The molecule has 11 nitrogen and oxygen atoms in total. The summed E-state index contributed by atoms with van der Waals surface area (Å²) >= 11 is 0. The highest BCUT2D eigenvalue weighted by Crippen LogP contribution is 2.49. The Morgan fingerprint density at radius 2 is 0.558 bits per heavy atom. The van der Waals surface area contributed by atoms with Gasteiger partial charge in [0, 0.05) is 90.4 Å². The van der Waals surface area contributed by atoms with Crippen LogP contribution >= 0.6 is 0 Å². The summed E-state index contributed by atoms with van der Waals surface area (Å²) in [6.45, 7) is 0. The fourth-order valence-corrected chi connectivity index (χ4v) is 17.2. The molecule has 0 fully saturated rings. The maximum Gasteiger partial charge on any atom is 0.164 e. The molecule has 16 aromatic carbocycles. The fourth-order valence-electron chi connectivity index (χ4n) is 17.2. The van der Waals surface area contributed by atoms with E-state index in [1.807, 2.05) is 116 Å². The van der Waals surface area contributed by atoms with Crippen LogP contribution in [0.3, 0.4) is 0 Å². The molecule has 0 amide bonds. The number of nitrogens with zero attached hydrogens (tertiary/aromatic N) is 8. The summed E-state index contributed by atoms with van der Waals surface area (Å²) in [5, 5.41) is 16.7. The van der Waals surface area contributed by atoms with Crippen LogP contribution in [-0.4, -0.2) is 39.9 Å². The summed E-state index contributed by atoms with van der Waals surface area (Å²) in [6.07, 6.45) is 5.62. The molecule has 7 aromatic heterocycles. The summed E-state index contributed by atoms with van der Waals surface area (Å²) in [6, 6.07) is 116. The molecule has 23 aromatic rings. The van der Waals surface area contributed by atoms with Gasteiger partial charge in [-0.05, 0) is 141 Å². The third-order valence-corrected chi connectivity index (χ3v) is 22.4. The molecule has 0 bridgehead atoms. The molecule has 7 heterocycles. The van der Waals surface area contributed by atoms with Gasteiger partial charge in [-0.1, -0.05) is 285 Å². The minimum absolute atomic E-state index is 0.501. The minimum atomic E-state index is 0.501. The third kappa shape index (κ3) is 10.4. The largest absolute Gasteiger partial charge is 0.456 e. The number of hydrogen-bond donors (Lipinski definition) is 0. The molecular formula is C102H58N8O3. The van der Waals surface area contributed by atoms with Crippen molar-refractivity contribution in [2.75, 3.05) is 0 Å². The van der Waals surface area contributed by atoms with E-state index in [1.54, 1.807) is 0 Å². The molecule has 0 spiro atoms. The number of para-hydroxylation sites is 1. The predicted octanol–water partition coefficient (Wildman–Crippen LogP) is 26.6. The minimum Gasteiger partial charge on any atom is -0.456 e. The summed E-state index contributed by atoms with van der Waals surface area (Å²) in [5.41, 5.74) is 19.9. The summed E-state index contributed by atoms with van der Waals surface area (Å²) < 4.78 is 20.2. The van der Waals surface area contributed by atoms with Crippen molar-refractivity contribution in [2.24, 2.45) is 0 Å². The highest BCUT2D eigenvalue weighted by atomic mass is 16.3. The smallest absolute Gasteiger partial charge is 0.164 e. The van der Waals surface area contributed by atoms with Gasteiger partial charge in [-0.25, -0.2) is 29.9 Å². The lowest BCUT2D eigenvalue weighted by Crippen LogP contribution is -2.01. The number of hydrogen-bond acceptors (Lipinski definition) is 11. The Hall–Kier alpha value is -15.5. The molecule has 0 aliphatic heterocycles. The van der Waals surface area contributed by atoms with E-state index in [9.17, 15) is 0 Å². The van der Waals surface area contributed by atoms with Gasteiger partial charge < -0.3 is 13.3 Å². The molecule has 524 valence electrons. The predicted molar refractivity (Wildman–Crippen MR) is 458 cm³/mol. The van der Waals surface area contributed by atoms with Gasteiger partial charge in [0.1, 0.15) is 33.5 Å². The molecule has 0 aliphatic rings. The number of pyridine rings is 2. The normalized spacial score (nSPS) is 11.9. The monoisotopic (exact) mass is 1440 g/mol. The van der Waals surface area contributed by atoms with Gasteiger partial charge in [0.15, 0.2) is 34.9 Å². The van der Waals surface area contributed by atoms with E-state index in [2.05, 4.69) is 237 Å². The number of aromatic nitrogens is 8. The van der Waals surface area contributed by atoms with Crippen molar-refractivity contribution in [2.45, 2.75) is 0 Å². The summed E-state index contributed by atoms with van der Waals surface area (Å²) in [5.74, 6) is 3.41. The first kappa shape index (κ1) is 63.6. The number of fused-ring (bicyclic) bond motifs is 14. The first-order chi connectivity index (χ1) is 56.0. The van der Waals surface area contributed by atoms with Gasteiger partial charge >= 0.3 is 0 Å². The quantitative estimate of drug-likeness (QED) is 0.122. The highest BCUT2D eigenvalue weighted by molar-refractivity contribution is 6.22. The average molecular weight is 1440 g/mol. The van der Waals surface area contributed by atoms with E-state index >= 15 is 0 Å². The zero-order chi connectivity index (χ0) is 74.2. The summed E-state index contributed by atoms with van der Waals surface area (Å²) in [7, 11) is 0. The van der Waals surface area contributed by atoms with Crippen molar-refractivity contribution in [1.29, 1.82) is 0 Å². The van der Waals surface area contributed by atoms with E-state index < -0.39 is 0 Å². The Morgan fingerprint density at radius 1 is 0.186 bits per heavy atom. The number of furan rings is 3. The molecular weight excluding hydrogens is 1390 g/mol. The lowest BCUT2D eigenvalue weighted by Gasteiger charge is -2.16. The first-order valence-electron chi connectivity index (χ1n) is 37.7. The Bertz CT molecular complexity index is 7900. The van der Waals surface area contributed by atoms with Crippen LogP contribution in [0, 0.1) is 0 Å². The maximum absolute atomic E-state index is 6.99. The van der Waals surface area contributed by atoms with Crippen LogP contribution in [0.5, 0.6) is 0 Å². The van der Waals surface area contributed by atoms with Crippen LogP contribution in [-0.2, 0) is 0 Å². The van der Waals surface area contributed by atoms with Crippen molar-refractivity contribution in [1.82, 2.24) is 39.9 Å². The molecule has 0 saturated carbocycles. The van der Waals surface area contributed by atoms with E-state index in [4.69, 9.17) is 53.1 Å². The fraction of sp³-hybridized carbons (Fsp3) is 0. The van der Waals surface area contributed by atoms with Crippen molar-refractivity contribution >= 4 is 120 Å². The zero-order valence-electron chi connectivity index (χ0n) is 60.3. The SMILES string of the molecule is c1ccc(-c2nc(-c3ccc4ccccc4c3)nc(-c3ccc(-c4ccc(-c5cccc6oc7c(-c8cc9oc%10cccc(-c%11nc(-c%12ccccc%12)nc(-c%12ccc(-c%13ccc(-c%14cccc%15oc%16ccccc%16c%14%15)c%14ccccc%13%14)c%13ccccc%12%13)n%11)c%10c9cn8)cncc7c56)c5ccccc45)c4ccccc34)n2)cc1.